The van der Waals surface area contributed by atoms with Gasteiger partial charge in [0.25, 0.3) is 0 Å². The highest BCUT2D eigenvalue weighted by Crippen LogP contribution is 2.21. The van der Waals surface area contributed by atoms with Gasteiger partial charge in [-0.1, -0.05) is 78.6 Å². The summed E-state index contributed by atoms with van der Waals surface area (Å²) in [6, 6.07) is 7.61. The van der Waals surface area contributed by atoms with Crippen LogP contribution in [0.4, 0.5) is 4.39 Å². The molecule has 0 fully saturated rings. The molecule has 0 spiro atoms. The maximum Gasteiger partial charge on any atom is 0.159 e. The Morgan fingerprint density at radius 2 is 1.44 bits per heavy atom. The van der Waals surface area contributed by atoms with Gasteiger partial charge in [0.2, 0.25) is 0 Å². The lowest BCUT2D eigenvalue weighted by atomic mass is 10.0. The summed E-state index contributed by atoms with van der Waals surface area (Å²) >= 11 is 0. The van der Waals surface area contributed by atoms with E-state index in [0.717, 1.165) is 18.4 Å². The Morgan fingerprint density at radius 1 is 0.844 bits per heavy atom. The summed E-state index contributed by atoms with van der Waals surface area (Å²) in [6.45, 7) is 6.53. The van der Waals surface area contributed by atoms with Crippen LogP contribution in [0.25, 0.3) is 11.4 Å². The first kappa shape index (κ1) is 26.3. The van der Waals surface area contributed by atoms with Crippen molar-refractivity contribution >= 4 is 0 Å². The monoisotopic (exact) mass is 442 g/mol. The van der Waals surface area contributed by atoms with E-state index in [1.165, 1.54) is 63.4 Å². The molecule has 32 heavy (non-hydrogen) atoms. The first-order valence-electron chi connectivity index (χ1n) is 12.8. The lowest BCUT2D eigenvalue weighted by Gasteiger charge is -2.14. The Hall–Kier alpha value is -1.97. The number of hydrogen-bond donors (Lipinski definition) is 0. The molecule has 0 aliphatic carbocycles. The topological polar surface area (TPSA) is 35.0 Å². The minimum atomic E-state index is -0.925. The number of benzene rings is 1. The zero-order chi connectivity index (χ0) is 23.0. The summed E-state index contributed by atoms with van der Waals surface area (Å²) in [5.74, 6) is 1.78. The fourth-order valence-corrected chi connectivity index (χ4v) is 3.83. The van der Waals surface area contributed by atoms with Gasteiger partial charge in [-0.3, -0.25) is 0 Å². The molecule has 0 saturated carbocycles. The van der Waals surface area contributed by atoms with E-state index in [2.05, 4.69) is 30.7 Å². The third-order valence-electron chi connectivity index (χ3n) is 6.17. The Labute approximate surface area is 195 Å². The van der Waals surface area contributed by atoms with E-state index in [1.54, 1.807) is 0 Å². The summed E-state index contributed by atoms with van der Waals surface area (Å²) in [7, 11) is 0. The normalized spacial score (nSPS) is 13.1. The van der Waals surface area contributed by atoms with Gasteiger partial charge in [-0.15, -0.1) is 0 Å². The number of unbranched alkanes of at least 4 members (excludes halogenated alkanes) is 8. The molecule has 0 N–H and O–H groups in total. The van der Waals surface area contributed by atoms with Crippen LogP contribution in [0.5, 0.6) is 5.75 Å². The van der Waals surface area contributed by atoms with Crippen LogP contribution in [0.2, 0.25) is 0 Å². The first-order valence-corrected chi connectivity index (χ1v) is 12.8. The Bertz CT molecular complexity index is 717. The lowest BCUT2D eigenvalue weighted by Crippen LogP contribution is -2.15. The molecule has 0 radical (unpaired) electrons. The molecule has 0 aliphatic rings. The molecule has 2 unspecified atom stereocenters. The summed E-state index contributed by atoms with van der Waals surface area (Å²) in [5, 5.41) is 0. The van der Waals surface area contributed by atoms with Crippen LogP contribution in [0.1, 0.15) is 97.0 Å². The molecule has 0 amide bonds. The van der Waals surface area contributed by atoms with Crippen molar-refractivity contribution in [2.24, 2.45) is 5.92 Å². The van der Waals surface area contributed by atoms with E-state index in [1.807, 2.05) is 36.7 Å². The van der Waals surface area contributed by atoms with Crippen molar-refractivity contribution in [2.75, 3.05) is 6.61 Å². The number of halogens is 1. The molecule has 0 aliphatic heterocycles. The van der Waals surface area contributed by atoms with Gasteiger partial charge < -0.3 is 4.74 Å². The Morgan fingerprint density at radius 3 is 2.03 bits per heavy atom. The van der Waals surface area contributed by atoms with E-state index in [-0.39, 0.29) is 6.61 Å². The van der Waals surface area contributed by atoms with E-state index in [9.17, 15) is 4.39 Å². The SMILES string of the molecule is CCCCCCCCCCCc1cnc(-c2ccc(OCC(F)CC(C)CC)cc2)nc1. The average Bonchev–Trinajstić information content (AvgIpc) is 2.82. The number of alkyl halides is 1. The molecule has 178 valence electrons. The molecule has 4 heteroatoms. The molecule has 2 atom stereocenters. The van der Waals surface area contributed by atoms with E-state index >= 15 is 0 Å². The van der Waals surface area contributed by atoms with Gasteiger partial charge >= 0.3 is 0 Å². The number of rotatable bonds is 17. The van der Waals surface area contributed by atoms with Gasteiger partial charge in [-0.2, -0.15) is 0 Å². The van der Waals surface area contributed by atoms with Gasteiger partial charge in [0.05, 0.1) is 0 Å². The van der Waals surface area contributed by atoms with Crippen molar-refractivity contribution in [1.82, 2.24) is 9.97 Å². The minimum Gasteiger partial charge on any atom is -0.491 e. The van der Waals surface area contributed by atoms with Crippen molar-refractivity contribution in [3.63, 3.8) is 0 Å². The highest BCUT2D eigenvalue weighted by Gasteiger charge is 2.12. The zero-order valence-corrected chi connectivity index (χ0v) is 20.5. The molecule has 2 rings (SSSR count). The molecule has 3 nitrogen and oxygen atoms in total. The summed E-state index contributed by atoms with van der Waals surface area (Å²) in [6.07, 6.45) is 17.6. The third kappa shape index (κ3) is 10.6. The fourth-order valence-electron chi connectivity index (χ4n) is 3.83. The van der Waals surface area contributed by atoms with E-state index in [4.69, 9.17) is 4.74 Å². The van der Waals surface area contributed by atoms with E-state index in [0.29, 0.717) is 23.9 Å². The van der Waals surface area contributed by atoms with Crippen molar-refractivity contribution in [1.29, 1.82) is 0 Å². The van der Waals surface area contributed by atoms with Gasteiger partial charge in [0.15, 0.2) is 5.82 Å². The minimum absolute atomic E-state index is 0.105. The molecule has 1 aromatic carbocycles. The second kappa shape index (κ2) is 15.8. The number of aryl methyl sites for hydroxylation is 1. The quantitative estimate of drug-likeness (QED) is 0.231. The largest absolute Gasteiger partial charge is 0.491 e. The maximum atomic E-state index is 14.0. The van der Waals surface area contributed by atoms with Crippen molar-refractivity contribution in [2.45, 2.75) is 104 Å². The number of hydrogen-bond acceptors (Lipinski definition) is 3. The van der Waals surface area contributed by atoms with Gasteiger partial charge in [0.1, 0.15) is 18.5 Å². The molecule has 1 heterocycles. The predicted molar refractivity (Wildman–Crippen MR) is 133 cm³/mol. The average molecular weight is 443 g/mol. The molecule has 2 aromatic rings. The molecule has 0 saturated heterocycles. The van der Waals surface area contributed by atoms with Gasteiger partial charge in [-0.25, -0.2) is 14.4 Å². The van der Waals surface area contributed by atoms with Crippen molar-refractivity contribution in [3.05, 3.63) is 42.2 Å². The highest BCUT2D eigenvalue weighted by molar-refractivity contribution is 5.55. The van der Waals surface area contributed by atoms with Crippen LogP contribution in [-0.2, 0) is 6.42 Å². The fraction of sp³-hybridized carbons (Fsp3) is 0.643. The lowest BCUT2D eigenvalue weighted by molar-refractivity contribution is 0.170. The second-order valence-electron chi connectivity index (χ2n) is 9.18. The first-order chi connectivity index (χ1) is 15.6. The number of ether oxygens (including phenoxy) is 1. The molecular formula is C28H43FN2O. The van der Waals surface area contributed by atoms with Gasteiger partial charge in [-0.05, 0) is 55.0 Å². The summed E-state index contributed by atoms with van der Waals surface area (Å²) < 4.78 is 19.6. The zero-order valence-electron chi connectivity index (χ0n) is 20.5. The third-order valence-corrected chi connectivity index (χ3v) is 6.17. The number of aromatic nitrogens is 2. The van der Waals surface area contributed by atoms with Crippen molar-refractivity contribution in [3.8, 4) is 17.1 Å². The number of nitrogens with zero attached hydrogens (tertiary/aromatic N) is 2. The van der Waals surface area contributed by atoms with Crippen LogP contribution < -0.4 is 4.74 Å². The standard InChI is InChI=1S/C28H43FN2O/c1-4-6-7-8-9-10-11-12-13-14-24-20-30-28(31-21-24)25-15-17-27(18-16-25)32-22-26(29)19-23(3)5-2/h15-18,20-21,23,26H,4-14,19,22H2,1-3H3. The molecule has 1 aromatic heterocycles. The summed E-state index contributed by atoms with van der Waals surface area (Å²) in [4.78, 5) is 9.08. The Kier molecular flexibility index (Phi) is 13.0. The van der Waals surface area contributed by atoms with Crippen LogP contribution in [0.15, 0.2) is 36.7 Å². The van der Waals surface area contributed by atoms with Gasteiger partial charge in [0, 0.05) is 18.0 Å². The predicted octanol–water partition coefficient (Wildman–Crippen LogP) is 8.37. The van der Waals surface area contributed by atoms with Crippen LogP contribution in [0, 0.1) is 5.92 Å². The maximum absolute atomic E-state index is 14.0. The van der Waals surface area contributed by atoms with Crippen LogP contribution in [-0.4, -0.2) is 22.7 Å². The molecule has 0 bridgehead atoms. The summed E-state index contributed by atoms with van der Waals surface area (Å²) in [5.41, 5.74) is 2.15. The second-order valence-corrected chi connectivity index (χ2v) is 9.18. The van der Waals surface area contributed by atoms with E-state index < -0.39 is 6.17 Å². The van der Waals surface area contributed by atoms with Crippen molar-refractivity contribution < 1.29 is 9.13 Å². The molecular weight excluding hydrogens is 399 g/mol. The smallest absolute Gasteiger partial charge is 0.159 e. The van der Waals surface area contributed by atoms with Crippen LogP contribution in [0.3, 0.4) is 0 Å². The highest BCUT2D eigenvalue weighted by atomic mass is 19.1. The van der Waals surface area contributed by atoms with Crippen LogP contribution >= 0.6 is 0 Å². The Balaban J connectivity index is 1.68.